The molecule has 8 heteroatoms. The van der Waals surface area contributed by atoms with Gasteiger partial charge in [0.2, 0.25) is 0 Å². The number of nitrogens with one attached hydrogen (secondary N) is 3. The molecule has 2 rings (SSSR count). The molecule has 28 heavy (non-hydrogen) atoms. The Morgan fingerprint density at radius 2 is 1.71 bits per heavy atom. The minimum absolute atomic E-state index is 0.0513. The van der Waals surface area contributed by atoms with Gasteiger partial charge in [-0.05, 0) is 50.6 Å². The smallest absolute Gasteiger partial charge is 0.338 e. The number of ether oxygens (including phenoxy) is 1. The van der Waals surface area contributed by atoms with Crippen molar-refractivity contribution in [2.45, 2.75) is 46.0 Å². The van der Waals surface area contributed by atoms with Gasteiger partial charge in [-0.15, -0.1) is 0 Å². The van der Waals surface area contributed by atoms with Gasteiger partial charge in [0.1, 0.15) is 5.76 Å². The Bertz CT molecular complexity index is 785. The lowest BCUT2D eigenvalue weighted by atomic mass is 10.1. The highest BCUT2D eigenvalue weighted by Crippen LogP contribution is 2.08. The standard InChI is InChI=1S/C20H25N3O5/c1-13(2)23-20(26)22-11-15-6-8-16(9-7-15)19(25)28-14(3)18(24)21-12-17-5-4-10-27-17/h4-10,13-14H,11-12H2,1-3H3,(H,21,24)(H2,22,23,26)/t14-/m0/s1. The Hall–Kier alpha value is -3.29. The number of benzene rings is 1. The molecule has 0 unspecified atom stereocenters. The Kier molecular flexibility index (Phi) is 7.62. The zero-order valence-corrected chi connectivity index (χ0v) is 16.2. The van der Waals surface area contributed by atoms with Crippen molar-refractivity contribution in [2.24, 2.45) is 0 Å². The van der Waals surface area contributed by atoms with Gasteiger partial charge in [0.25, 0.3) is 5.91 Å². The summed E-state index contributed by atoms with van der Waals surface area (Å²) in [5, 5.41) is 8.09. The summed E-state index contributed by atoms with van der Waals surface area (Å²) in [6, 6.07) is 9.87. The summed E-state index contributed by atoms with van der Waals surface area (Å²) in [6.45, 7) is 5.80. The molecule has 0 aliphatic rings. The zero-order valence-electron chi connectivity index (χ0n) is 16.2. The fourth-order valence-electron chi connectivity index (χ4n) is 2.27. The van der Waals surface area contributed by atoms with E-state index in [1.54, 1.807) is 36.4 Å². The van der Waals surface area contributed by atoms with E-state index in [-0.39, 0.29) is 18.6 Å². The molecule has 0 saturated carbocycles. The van der Waals surface area contributed by atoms with Crippen LogP contribution in [0.25, 0.3) is 0 Å². The molecule has 3 amide bonds. The molecule has 0 spiro atoms. The first kappa shape index (κ1) is 21.0. The first-order chi connectivity index (χ1) is 13.3. The van der Waals surface area contributed by atoms with Crippen molar-refractivity contribution in [3.05, 3.63) is 59.5 Å². The lowest BCUT2D eigenvalue weighted by Gasteiger charge is -2.13. The third kappa shape index (κ3) is 6.79. The summed E-state index contributed by atoms with van der Waals surface area (Å²) < 4.78 is 10.3. The van der Waals surface area contributed by atoms with Crippen molar-refractivity contribution in [2.75, 3.05) is 0 Å². The summed E-state index contributed by atoms with van der Waals surface area (Å²) in [5.41, 5.74) is 1.15. The monoisotopic (exact) mass is 387 g/mol. The van der Waals surface area contributed by atoms with Crippen molar-refractivity contribution in [3.63, 3.8) is 0 Å². The molecule has 0 aliphatic heterocycles. The highest BCUT2D eigenvalue weighted by molar-refractivity contribution is 5.92. The van der Waals surface area contributed by atoms with Crippen molar-refractivity contribution in [3.8, 4) is 0 Å². The maximum Gasteiger partial charge on any atom is 0.338 e. The number of carbonyl (C=O) groups excluding carboxylic acids is 3. The molecule has 1 heterocycles. The van der Waals surface area contributed by atoms with E-state index < -0.39 is 18.0 Å². The number of amides is 3. The van der Waals surface area contributed by atoms with Crippen LogP contribution >= 0.6 is 0 Å². The molecule has 1 aromatic carbocycles. The Balaban J connectivity index is 1.79. The lowest BCUT2D eigenvalue weighted by molar-refractivity contribution is -0.129. The lowest BCUT2D eigenvalue weighted by Crippen LogP contribution is -2.39. The van der Waals surface area contributed by atoms with E-state index in [0.29, 0.717) is 17.9 Å². The van der Waals surface area contributed by atoms with Crippen LogP contribution in [0.2, 0.25) is 0 Å². The van der Waals surface area contributed by atoms with Gasteiger partial charge < -0.3 is 25.1 Å². The highest BCUT2D eigenvalue weighted by atomic mass is 16.5. The summed E-state index contributed by atoms with van der Waals surface area (Å²) in [5.74, 6) is -0.405. The van der Waals surface area contributed by atoms with Gasteiger partial charge in [0.05, 0.1) is 18.4 Å². The van der Waals surface area contributed by atoms with Crippen LogP contribution in [-0.2, 0) is 22.6 Å². The molecule has 2 aromatic rings. The molecule has 1 aromatic heterocycles. The second-order valence-electron chi connectivity index (χ2n) is 6.52. The molecule has 1 atom stereocenters. The van der Waals surface area contributed by atoms with Crippen LogP contribution in [0.4, 0.5) is 4.79 Å². The van der Waals surface area contributed by atoms with E-state index in [1.807, 2.05) is 13.8 Å². The van der Waals surface area contributed by atoms with Crippen molar-refractivity contribution >= 4 is 17.9 Å². The third-order valence-electron chi connectivity index (χ3n) is 3.73. The predicted octanol–water partition coefficient (Wildman–Crippen LogP) is 2.35. The Labute approximate surface area is 163 Å². The van der Waals surface area contributed by atoms with Crippen LogP contribution in [0, 0.1) is 0 Å². The number of urea groups is 1. The van der Waals surface area contributed by atoms with Crippen molar-refractivity contribution in [1.82, 2.24) is 16.0 Å². The van der Waals surface area contributed by atoms with Crippen LogP contribution in [-0.4, -0.2) is 30.1 Å². The molecule has 0 aliphatic carbocycles. The summed E-state index contributed by atoms with van der Waals surface area (Å²) in [7, 11) is 0. The summed E-state index contributed by atoms with van der Waals surface area (Å²) in [6.07, 6.45) is 0.574. The van der Waals surface area contributed by atoms with Crippen LogP contribution in [0.5, 0.6) is 0 Å². The average Bonchev–Trinajstić information content (AvgIpc) is 3.17. The fourth-order valence-corrected chi connectivity index (χ4v) is 2.27. The number of hydrogen-bond donors (Lipinski definition) is 3. The molecule has 150 valence electrons. The highest BCUT2D eigenvalue weighted by Gasteiger charge is 2.19. The first-order valence-electron chi connectivity index (χ1n) is 8.99. The number of rotatable bonds is 8. The molecule has 3 N–H and O–H groups in total. The van der Waals surface area contributed by atoms with Gasteiger partial charge in [-0.1, -0.05) is 12.1 Å². The van der Waals surface area contributed by atoms with E-state index in [4.69, 9.17) is 9.15 Å². The molecule has 8 nitrogen and oxygen atoms in total. The minimum Gasteiger partial charge on any atom is -0.467 e. The maximum absolute atomic E-state index is 12.2. The van der Waals surface area contributed by atoms with Crippen molar-refractivity contribution in [1.29, 1.82) is 0 Å². The van der Waals surface area contributed by atoms with Crippen LogP contribution in [0.1, 0.15) is 42.5 Å². The molecule has 0 fully saturated rings. The number of hydrogen-bond acceptors (Lipinski definition) is 5. The number of esters is 1. The molecule has 0 bridgehead atoms. The van der Waals surface area contributed by atoms with E-state index in [1.165, 1.54) is 13.2 Å². The quantitative estimate of drug-likeness (QED) is 0.603. The normalized spacial score (nSPS) is 11.6. The van der Waals surface area contributed by atoms with E-state index in [9.17, 15) is 14.4 Å². The molecule has 0 radical (unpaired) electrons. The van der Waals surface area contributed by atoms with Crippen LogP contribution in [0.3, 0.4) is 0 Å². The minimum atomic E-state index is -0.941. The van der Waals surface area contributed by atoms with Gasteiger partial charge in [-0.3, -0.25) is 4.79 Å². The molecular weight excluding hydrogens is 362 g/mol. The number of carbonyl (C=O) groups is 3. The van der Waals surface area contributed by atoms with Gasteiger partial charge in [-0.25, -0.2) is 9.59 Å². The van der Waals surface area contributed by atoms with E-state index >= 15 is 0 Å². The van der Waals surface area contributed by atoms with Crippen LogP contribution < -0.4 is 16.0 Å². The van der Waals surface area contributed by atoms with E-state index in [0.717, 1.165) is 5.56 Å². The zero-order chi connectivity index (χ0) is 20.5. The third-order valence-corrected chi connectivity index (χ3v) is 3.73. The second-order valence-corrected chi connectivity index (χ2v) is 6.52. The number of furan rings is 1. The first-order valence-corrected chi connectivity index (χ1v) is 8.99. The fraction of sp³-hybridized carbons (Fsp3) is 0.350. The molecular formula is C20H25N3O5. The van der Waals surface area contributed by atoms with Gasteiger partial charge in [0, 0.05) is 12.6 Å². The SMILES string of the molecule is CC(C)NC(=O)NCc1ccc(C(=O)O[C@@H](C)C(=O)NCc2ccco2)cc1. The Morgan fingerprint density at radius 3 is 2.32 bits per heavy atom. The van der Waals surface area contributed by atoms with E-state index in [2.05, 4.69) is 16.0 Å². The Morgan fingerprint density at radius 1 is 1.00 bits per heavy atom. The average molecular weight is 387 g/mol. The maximum atomic E-state index is 12.2. The molecule has 0 saturated heterocycles. The van der Waals surface area contributed by atoms with Crippen molar-refractivity contribution < 1.29 is 23.5 Å². The van der Waals surface area contributed by atoms with Crippen LogP contribution in [0.15, 0.2) is 47.1 Å². The van der Waals surface area contributed by atoms with Gasteiger partial charge in [-0.2, -0.15) is 0 Å². The second kappa shape index (κ2) is 10.1. The van der Waals surface area contributed by atoms with Gasteiger partial charge in [0.15, 0.2) is 6.10 Å². The topological polar surface area (TPSA) is 110 Å². The largest absolute Gasteiger partial charge is 0.467 e. The van der Waals surface area contributed by atoms with Gasteiger partial charge >= 0.3 is 12.0 Å². The summed E-state index contributed by atoms with van der Waals surface area (Å²) in [4.78, 5) is 35.8. The summed E-state index contributed by atoms with van der Waals surface area (Å²) >= 11 is 0. The predicted molar refractivity (Wildman–Crippen MR) is 102 cm³/mol.